The van der Waals surface area contributed by atoms with E-state index in [0.717, 1.165) is 34.0 Å². The zero-order valence-corrected chi connectivity index (χ0v) is 24.9. The number of hydrogen-bond donors (Lipinski definition) is 0. The molecule has 0 unspecified atom stereocenters. The van der Waals surface area contributed by atoms with Gasteiger partial charge in [0, 0.05) is 33.9 Å². The second-order valence-corrected chi connectivity index (χ2v) is 11.4. The maximum atomic E-state index is 6.34. The van der Waals surface area contributed by atoms with Crippen molar-refractivity contribution in [3.63, 3.8) is 0 Å². The van der Waals surface area contributed by atoms with Gasteiger partial charge in [-0.05, 0) is 83.9 Å². The normalized spacial score (nSPS) is 11.8. The molecule has 0 saturated carbocycles. The van der Waals surface area contributed by atoms with Gasteiger partial charge in [-0.25, -0.2) is 0 Å². The Hall–Kier alpha value is -6.26. The fraction of sp³-hybridized carbons (Fsp3) is 0. The Labute approximate surface area is 266 Å². The Morgan fingerprint density at radius 1 is 0.370 bits per heavy atom. The molecule has 46 heavy (non-hydrogen) atoms. The number of para-hydroxylation sites is 4. The number of fused-ring (bicyclic) bond motifs is 5. The Morgan fingerprint density at radius 3 is 1.70 bits per heavy atom. The number of nitrogens with zero attached hydrogens (tertiary/aromatic N) is 2. The summed E-state index contributed by atoms with van der Waals surface area (Å²) in [6, 6.07) is 59.1. The van der Waals surface area contributed by atoms with E-state index < -0.39 is 0 Å². The van der Waals surface area contributed by atoms with E-state index in [0.29, 0.717) is 17.2 Å². The first kappa shape index (κ1) is 26.2. The first-order valence-corrected chi connectivity index (χ1v) is 15.4. The quantitative estimate of drug-likeness (QED) is 0.199. The van der Waals surface area contributed by atoms with Crippen LogP contribution in [-0.2, 0) is 0 Å². The van der Waals surface area contributed by atoms with E-state index in [4.69, 9.17) is 9.47 Å². The molecule has 1 aliphatic heterocycles. The summed E-state index contributed by atoms with van der Waals surface area (Å²) in [5, 5.41) is 2.40. The molecule has 218 valence electrons. The molecule has 8 aromatic rings. The molecule has 0 saturated heterocycles. The number of hydrogen-bond acceptors (Lipinski definition) is 3. The molecule has 2 heterocycles. The third-order valence-electron chi connectivity index (χ3n) is 8.64. The van der Waals surface area contributed by atoms with Crippen LogP contribution >= 0.6 is 0 Å². The monoisotopic (exact) mass is 592 g/mol. The highest BCUT2D eigenvalue weighted by Crippen LogP contribution is 2.48. The third kappa shape index (κ3) is 4.39. The number of aromatic nitrogens is 1. The Bertz CT molecular complexity index is 2360. The lowest BCUT2D eigenvalue weighted by atomic mass is 10.0. The van der Waals surface area contributed by atoms with Crippen molar-refractivity contribution in [3.05, 3.63) is 170 Å². The molecule has 0 fully saturated rings. The first-order chi connectivity index (χ1) is 22.8. The Kier molecular flexibility index (Phi) is 6.10. The number of anilines is 3. The predicted octanol–water partition coefficient (Wildman–Crippen LogP) is 11.8. The maximum absolute atomic E-state index is 6.34. The molecule has 1 aromatic heterocycles. The van der Waals surface area contributed by atoms with Crippen LogP contribution in [0.3, 0.4) is 0 Å². The predicted molar refractivity (Wildman–Crippen MR) is 187 cm³/mol. The van der Waals surface area contributed by atoms with Gasteiger partial charge in [-0.1, -0.05) is 91.0 Å². The van der Waals surface area contributed by atoms with Crippen molar-refractivity contribution in [1.82, 2.24) is 4.57 Å². The molecule has 0 atom stereocenters. The highest BCUT2D eigenvalue weighted by Gasteiger charge is 2.22. The van der Waals surface area contributed by atoms with Gasteiger partial charge >= 0.3 is 0 Å². The van der Waals surface area contributed by atoms with Gasteiger partial charge in [0.2, 0.25) is 0 Å². The molecule has 9 rings (SSSR count). The minimum Gasteiger partial charge on any atom is -0.450 e. The second-order valence-electron chi connectivity index (χ2n) is 11.4. The van der Waals surface area contributed by atoms with Crippen LogP contribution in [0, 0.1) is 0 Å². The van der Waals surface area contributed by atoms with Crippen LogP contribution in [-0.4, -0.2) is 4.57 Å². The first-order valence-electron chi connectivity index (χ1n) is 15.4. The van der Waals surface area contributed by atoms with E-state index >= 15 is 0 Å². The number of benzene rings is 7. The molecular weight excluding hydrogens is 564 g/mol. The van der Waals surface area contributed by atoms with Gasteiger partial charge in [-0.3, -0.25) is 0 Å². The van der Waals surface area contributed by atoms with Crippen LogP contribution in [0.1, 0.15) is 0 Å². The van der Waals surface area contributed by atoms with Crippen LogP contribution in [0.4, 0.5) is 17.1 Å². The van der Waals surface area contributed by atoms with Gasteiger partial charge in [-0.2, -0.15) is 0 Å². The summed E-state index contributed by atoms with van der Waals surface area (Å²) in [5.74, 6) is 2.81. The van der Waals surface area contributed by atoms with Gasteiger partial charge in [0.15, 0.2) is 23.0 Å². The fourth-order valence-electron chi connectivity index (χ4n) is 6.49. The summed E-state index contributed by atoms with van der Waals surface area (Å²) in [7, 11) is 0. The minimum atomic E-state index is 0.684. The van der Waals surface area contributed by atoms with Gasteiger partial charge in [-0.15, -0.1) is 0 Å². The molecule has 0 N–H and O–H groups in total. The zero-order valence-electron chi connectivity index (χ0n) is 24.9. The average Bonchev–Trinajstić information content (AvgIpc) is 3.46. The lowest BCUT2D eigenvalue weighted by Crippen LogP contribution is -2.10. The van der Waals surface area contributed by atoms with Crippen LogP contribution in [0.15, 0.2) is 170 Å². The van der Waals surface area contributed by atoms with Crippen LogP contribution in [0.5, 0.6) is 23.0 Å². The van der Waals surface area contributed by atoms with Crippen molar-refractivity contribution in [2.24, 2.45) is 0 Å². The molecule has 0 bridgehead atoms. The summed E-state index contributed by atoms with van der Waals surface area (Å²) in [4.78, 5) is 2.28. The van der Waals surface area contributed by atoms with E-state index in [2.05, 4.69) is 143 Å². The SMILES string of the molecule is c1ccc(-c2ccc(N(c3ccc4c(c3)Oc3ccccc3O4)c3ccc4c(c3)c3ccccc3n4-c3ccccc3)cc2)cc1. The molecule has 4 nitrogen and oxygen atoms in total. The standard InChI is InChI=1S/C42H28N2O2/c1-3-11-29(12-4-1)30-19-21-32(22-20-30)43(34-24-26-41-42(28-34)46-40-18-10-9-17-39(40)45-41)33-23-25-38-36(27-33)35-15-7-8-16-37(35)44(38)31-13-5-2-6-14-31/h1-28H. The van der Waals surface area contributed by atoms with E-state index in [9.17, 15) is 0 Å². The van der Waals surface area contributed by atoms with Crippen molar-refractivity contribution in [1.29, 1.82) is 0 Å². The van der Waals surface area contributed by atoms with Crippen LogP contribution in [0.25, 0.3) is 38.6 Å². The van der Waals surface area contributed by atoms with Crippen molar-refractivity contribution in [2.45, 2.75) is 0 Å². The largest absolute Gasteiger partial charge is 0.450 e. The molecule has 4 heteroatoms. The summed E-state index contributed by atoms with van der Waals surface area (Å²) in [6.45, 7) is 0. The lowest BCUT2D eigenvalue weighted by Gasteiger charge is -2.28. The molecule has 7 aromatic carbocycles. The summed E-state index contributed by atoms with van der Waals surface area (Å²) < 4.78 is 14.9. The molecular formula is C42H28N2O2. The molecule has 0 spiro atoms. The highest BCUT2D eigenvalue weighted by atomic mass is 16.6. The fourth-order valence-corrected chi connectivity index (χ4v) is 6.49. The van der Waals surface area contributed by atoms with Crippen LogP contribution in [0.2, 0.25) is 0 Å². The van der Waals surface area contributed by atoms with E-state index in [1.54, 1.807) is 0 Å². The molecule has 0 amide bonds. The van der Waals surface area contributed by atoms with Gasteiger partial charge < -0.3 is 18.9 Å². The van der Waals surface area contributed by atoms with E-state index in [1.807, 2.05) is 36.4 Å². The van der Waals surface area contributed by atoms with Gasteiger partial charge in [0.1, 0.15) is 0 Å². The maximum Gasteiger partial charge on any atom is 0.172 e. The second kappa shape index (κ2) is 10.7. The van der Waals surface area contributed by atoms with Crippen molar-refractivity contribution >= 4 is 38.9 Å². The van der Waals surface area contributed by atoms with Gasteiger partial charge in [0.25, 0.3) is 0 Å². The summed E-state index contributed by atoms with van der Waals surface area (Å²) >= 11 is 0. The summed E-state index contributed by atoms with van der Waals surface area (Å²) in [6.07, 6.45) is 0. The van der Waals surface area contributed by atoms with Gasteiger partial charge in [0.05, 0.1) is 16.7 Å². The number of ether oxygens (including phenoxy) is 2. The van der Waals surface area contributed by atoms with Crippen molar-refractivity contribution < 1.29 is 9.47 Å². The van der Waals surface area contributed by atoms with E-state index in [-0.39, 0.29) is 0 Å². The smallest absolute Gasteiger partial charge is 0.172 e. The van der Waals surface area contributed by atoms with Crippen molar-refractivity contribution in [2.75, 3.05) is 4.90 Å². The third-order valence-corrected chi connectivity index (χ3v) is 8.64. The summed E-state index contributed by atoms with van der Waals surface area (Å²) in [5.41, 5.74) is 8.91. The molecule has 0 radical (unpaired) electrons. The topological polar surface area (TPSA) is 26.6 Å². The minimum absolute atomic E-state index is 0.684. The van der Waals surface area contributed by atoms with Crippen molar-refractivity contribution in [3.8, 4) is 39.8 Å². The Balaban J connectivity index is 1.21. The lowest BCUT2D eigenvalue weighted by molar-refractivity contribution is 0.360. The molecule has 1 aliphatic rings. The average molecular weight is 593 g/mol. The van der Waals surface area contributed by atoms with E-state index in [1.165, 1.54) is 27.4 Å². The molecule has 0 aliphatic carbocycles. The zero-order chi connectivity index (χ0) is 30.5. The number of rotatable bonds is 5. The Morgan fingerprint density at radius 2 is 0.913 bits per heavy atom. The highest BCUT2D eigenvalue weighted by molar-refractivity contribution is 6.10. The van der Waals surface area contributed by atoms with Crippen LogP contribution < -0.4 is 14.4 Å².